The van der Waals surface area contributed by atoms with E-state index in [4.69, 9.17) is 21.7 Å². The molecule has 1 fully saturated rings. The normalized spacial score (nSPS) is 14.7. The van der Waals surface area contributed by atoms with Crippen LogP contribution >= 0.6 is 12.2 Å². The SMILES string of the molecule is COc1cc(NC(=S)N2CCN(Cc3ccc(F)cc3)CC2)cc(OC)c1. The van der Waals surface area contributed by atoms with Gasteiger partial charge in [0.1, 0.15) is 17.3 Å². The van der Waals surface area contributed by atoms with Crippen LogP contribution in [0, 0.1) is 5.82 Å². The van der Waals surface area contributed by atoms with Crippen LogP contribution in [0.1, 0.15) is 5.56 Å². The Morgan fingerprint density at radius 1 is 1.00 bits per heavy atom. The zero-order valence-corrected chi connectivity index (χ0v) is 16.4. The minimum atomic E-state index is -0.200. The molecular formula is C20H24FN3O2S. The largest absolute Gasteiger partial charge is 0.497 e. The first-order valence-electron chi connectivity index (χ1n) is 8.83. The van der Waals surface area contributed by atoms with Gasteiger partial charge in [0.05, 0.1) is 14.2 Å². The van der Waals surface area contributed by atoms with Gasteiger partial charge in [0.2, 0.25) is 0 Å². The number of nitrogens with zero attached hydrogens (tertiary/aromatic N) is 2. The second-order valence-corrected chi connectivity index (χ2v) is 6.81. The number of rotatable bonds is 5. The molecule has 0 atom stereocenters. The Morgan fingerprint density at radius 2 is 1.59 bits per heavy atom. The van der Waals surface area contributed by atoms with Gasteiger partial charge in [0.15, 0.2) is 5.11 Å². The number of ether oxygens (including phenoxy) is 2. The predicted octanol–water partition coefficient (Wildman–Crippen LogP) is 3.36. The minimum Gasteiger partial charge on any atom is -0.497 e. The number of halogens is 1. The molecule has 144 valence electrons. The maximum atomic E-state index is 13.0. The topological polar surface area (TPSA) is 37.0 Å². The standard InChI is InChI=1S/C20H24FN3O2S/c1-25-18-11-17(12-19(13-18)26-2)22-20(27)24-9-7-23(8-10-24)14-15-3-5-16(21)6-4-15/h3-6,11-13H,7-10,14H2,1-2H3,(H,22,27). The number of nitrogens with one attached hydrogen (secondary N) is 1. The van der Waals surface area contributed by atoms with E-state index < -0.39 is 0 Å². The lowest BCUT2D eigenvalue weighted by Gasteiger charge is -2.36. The summed E-state index contributed by atoms with van der Waals surface area (Å²) in [5, 5.41) is 3.96. The Bertz CT molecular complexity index is 755. The van der Waals surface area contributed by atoms with Crippen LogP contribution in [0.5, 0.6) is 11.5 Å². The molecule has 0 aromatic heterocycles. The lowest BCUT2D eigenvalue weighted by atomic mass is 10.2. The highest BCUT2D eigenvalue weighted by molar-refractivity contribution is 7.80. The van der Waals surface area contributed by atoms with Crippen molar-refractivity contribution in [2.75, 3.05) is 45.7 Å². The molecule has 0 bridgehead atoms. The summed E-state index contributed by atoms with van der Waals surface area (Å²) >= 11 is 5.57. The molecule has 1 N–H and O–H groups in total. The molecular weight excluding hydrogens is 365 g/mol. The highest BCUT2D eigenvalue weighted by Gasteiger charge is 2.19. The highest BCUT2D eigenvalue weighted by atomic mass is 32.1. The van der Waals surface area contributed by atoms with Crippen LogP contribution in [0.25, 0.3) is 0 Å². The molecule has 7 heteroatoms. The van der Waals surface area contributed by atoms with E-state index in [1.807, 2.05) is 30.3 Å². The first kappa shape index (κ1) is 19.4. The molecule has 1 aliphatic heterocycles. The minimum absolute atomic E-state index is 0.200. The van der Waals surface area contributed by atoms with E-state index >= 15 is 0 Å². The highest BCUT2D eigenvalue weighted by Crippen LogP contribution is 2.26. The van der Waals surface area contributed by atoms with Crippen molar-refractivity contribution in [1.82, 2.24) is 9.80 Å². The Kier molecular flexibility index (Phi) is 6.47. The Morgan fingerprint density at radius 3 is 2.15 bits per heavy atom. The van der Waals surface area contributed by atoms with E-state index in [2.05, 4.69) is 15.1 Å². The van der Waals surface area contributed by atoms with E-state index in [0.717, 1.165) is 44.0 Å². The fraction of sp³-hybridized carbons (Fsp3) is 0.350. The van der Waals surface area contributed by atoms with Gasteiger partial charge in [-0.05, 0) is 29.9 Å². The summed E-state index contributed by atoms with van der Waals surface area (Å²) < 4.78 is 23.6. The maximum Gasteiger partial charge on any atom is 0.173 e. The van der Waals surface area contributed by atoms with Gasteiger partial charge in [-0.25, -0.2) is 4.39 Å². The molecule has 27 heavy (non-hydrogen) atoms. The number of hydrogen-bond donors (Lipinski definition) is 1. The van der Waals surface area contributed by atoms with Gasteiger partial charge in [-0.1, -0.05) is 12.1 Å². The third kappa shape index (κ3) is 5.30. The maximum absolute atomic E-state index is 13.0. The zero-order chi connectivity index (χ0) is 19.2. The quantitative estimate of drug-likeness (QED) is 0.791. The monoisotopic (exact) mass is 389 g/mol. The van der Waals surface area contributed by atoms with Crippen molar-refractivity contribution in [3.8, 4) is 11.5 Å². The van der Waals surface area contributed by atoms with Crippen molar-refractivity contribution in [3.05, 3.63) is 53.8 Å². The smallest absolute Gasteiger partial charge is 0.173 e. The van der Waals surface area contributed by atoms with Crippen LogP contribution in [-0.4, -0.2) is 55.3 Å². The second-order valence-electron chi connectivity index (χ2n) is 6.42. The molecule has 3 rings (SSSR count). The van der Waals surface area contributed by atoms with Gasteiger partial charge in [-0.2, -0.15) is 0 Å². The van der Waals surface area contributed by atoms with Gasteiger partial charge < -0.3 is 19.7 Å². The third-order valence-corrected chi connectivity index (χ3v) is 4.94. The third-order valence-electron chi connectivity index (χ3n) is 4.58. The van der Waals surface area contributed by atoms with Gasteiger partial charge in [0.25, 0.3) is 0 Å². The first-order chi connectivity index (χ1) is 13.1. The Hall–Kier alpha value is -2.38. The molecule has 1 heterocycles. The lowest BCUT2D eigenvalue weighted by molar-refractivity contribution is 0.177. The number of anilines is 1. The van der Waals surface area contributed by atoms with Crippen LogP contribution < -0.4 is 14.8 Å². The summed E-state index contributed by atoms with van der Waals surface area (Å²) in [6.45, 7) is 4.31. The lowest BCUT2D eigenvalue weighted by Crippen LogP contribution is -2.49. The molecule has 0 saturated carbocycles. The van der Waals surface area contributed by atoms with Crippen LogP contribution in [-0.2, 0) is 6.54 Å². The molecule has 2 aromatic carbocycles. The summed E-state index contributed by atoms with van der Waals surface area (Å²) in [6.07, 6.45) is 0. The average molecular weight is 389 g/mol. The average Bonchev–Trinajstić information content (AvgIpc) is 2.70. The van der Waals surface area contributed by atoms with Crippen LogP contribution in [0.4, 0.5) is 10.1 Å². The molecule has 2 aromatic rings. The van der Waals surface area contributed by atoms with Crippen molar-refractivity contribution in [3.63, 3.8) is 0 Å². The Labute approximate surface area is 164 Å². The summed E-state index contributed by atoms with van der Waals surface area (Å²) in [4.78, 5) is 4.50. The number of hydrogen-bond acceptors (Lipinski definition) is 4. The van der Waals surface area contributed by atoms with E-state index in [-0.39, 0.29) is 5.82 Å². The van der Waals surface area contributed by atoms with Gasteiger partial charge in [-0.15, -0.1) is 0 Å². The summed E-state index contributed by atoms with van der Waals surface area (Å²) in [5.41, 5.74) is 1.96. The van der Waals surface area contributed by atoms with Gasteiger partial charge >= 0.3 is 0 Å². The Balaban J connectivity index is 1.53. The van der Waals surface area contributed by atoms with Crippen molar-refractivity contribution in [1.29, 1.82) is 0 Å². The van der Waals surface area contributed by atoms with E-state index in [0.29, 0.717) is 16.6 Å². The first-order valence-corrected chi connectivity index (χ1v) is 9.24. The van der Waals surface area contributed by atoms with Crippen molar-refractivity contribution >= 4 is 23.0 Å². The zero-order valence-electron chi connectivity index (χ0n) is 15.6. The summed E-state index contributed by atoms with van der Waals surface area (Å²) in [6, 6.07) is 12.3. The van der Waals surface area contributed by atoms with E-state index in [1.165, 1.54) is 12.1 Å². The fourth-order valence-corrected chi connectivity index (χ4v) is 3.34. The molecule has 1 saturated heterocycles. The molecule has 0 aliphatic carbocycles. The molecule has 1 aliphatic rings. The number of thiocarbonyl (C=S) groups is 1. The van der Waals surface area contributed by atoms with E-state index in [9.17, 15) is 4.39 Å². The van der Waals surface area contributed by atoms with Gasteiger partial charge in [-0.3, -0.25) is 4.90 Å². The number of benzene rings is 2. The molecule has 5 nitrogen and oxygen atoms in total. The summed E-state index contributed by atoms with van der Waals surface area (Å²) in [5.74, 6) is 1.22. The van der Waals surface area contributed by atoms with Crippen LogP contribution in [0.15, 0.2) is 42.5 Å². The van der Waals surface area contributed by atoms with Crippen molar-refractivity contribution in [2.45, 2.75) is 6.54 Å². The summed E-state index contributed by atoms with van der Waals surface area (Å²) in [7, 11) is 3.24. The van der Waals surface area contributed by atoms with Gasteiger partial charge in [0, 0.05) is 56.6 Å². The van der Waals surface area contributed by atoms with Crippen LogP contribution in [0.3, 0.4) is 0 Å². The fourth-order valence-electron chi connectivity index (χ4n) is 3.04. The number of methoxy groups -OCH3 is 2. The number of piperazine rings is 1. The molecule has 0 unspecified atom stereocenters. The van der Waals surface area contributed by atoms with Crippen LogP contribution in [0.2, 0.25) is 0 Å². The second kappa shape index (κ2) is 9.01. The molecule has 0 radical (unpaired) electrons. The predicted molar refractivity (Wildman–Crippen MR) is 109 cm³/mol. The molecule has 0 spiro atoms. The van der Waals surface area contributed by atoms with Crippen molar-refractivity contribution in [2.24, 2.45) is 0 Å². The van der Waals surface area contributed by atoms with E-state index in [1.54, 1.807) is 14.2 Å². The van der Waals surface area contributed by atoms with Crippen molar-refractivity contribution < 1.29 is 13.9 Å². The molecule has 0 amide bonds.